The van der Waals surface area contributed by atoms with Crippen molar-refractivity contribution in [2.45, 2.75) is 276 Å². The van der Waals surface area contributed by atoms with Crippen molar-refractivity contribution in [2.24, 2.45) is 0 Å². The third kappa shape index (κ3) is 23.1. The van der Waals surface area contributed by atoms with Gasteiger partial charge in [0.1, 0.15) is 0 Å². The van der Waals surface area contributed by atoms with Crippen molar-refractivity contribution < 1.29 is 7.56 Å². The van der Waals surface area contributed by atoms with Gasteiger partial charge in [0, 0.05) is 0 Å². The van der Waals surface area contributed by atoms with Gasteiger partial charge in [0.15, 0.2) is 0 Å². The van der Waals surface area contributed by atoms with Gasteiger partial charge in [0.05, 0.1) is 0 Å². The zero-order chi connectivity index (χ0) is 35.1. The van der Waals surface area contributed by atoms with E-state index in [1.807, 2.05) is 0 Å². The molecule has 0 radical (unpaired) electrons. The fourth-order valence-corrected chi connectivity index (χ4v) is 51.4. The van der Waals surface area contributed by atoms with Gasteiger partial charge in [-0.25, -0.2) is 0 Å². The molecule has 2 saturated carbocycles. The van der Waals surface area contributed by atoms with Crippen molar-refractivity contribution in [3.8, 4) is 0 Å². The molecule has 0 aromatic carbocycles. The van der Waals surface area contributed by atoms with Crippen molar-refractivity contribution in [2.75, 3.05) is 0 Å². The second-order valence-corrected chi connectivity index (χ2v) is 38.7. The molecule has 3 nitrogen and oxygen atoms in total. The van der Waals surface area contributed by atoms with E-state index in [4.69, 9.17) is 7.56 Å². The van der Waals surface area contributed by atoms with Gasteiger partial charge in [-0.1, -0.05) is 0 Å². The number of rotatable bonds is 34. The van der Waals surface area contributed by atoms with Crippen LogP contribution in [0.3, 0.4) is 0 Å². The Balaban J connectivity index is 2.39. The SMILES string of the molecule is CCCCCCC[CH2][Sn]([CH2]CCCCCCC)([O]C1CCCCC1)[O][Sn]([CH2]CCCCCCC)([CH2]CCCCCCC)[O]C1CCCCC1. The molecule has 49 heavy (non-hydrogen) atoms. The van der Waals surface area contributed by atoms with E-state index in [0.717, 1.165) is 0 Å². The molecule has 2 aliphatic rings. The van der Waals surface area contributed by atoms with Crippen LogP contribution in [0.25, 0.3) is 0 Å². The molecule has 5 heteroatoms. The molecule has 0 saturated heterocycles. The van der Waals surface area contributed by atoms with Crippen molar-refractivity contribution in [1.82, 2.24) is 0 Å². The minimum absolute atomic E-state index is 0.478. The Kier molecular flexibility index (Phi) is 30.3. The van der Waals surface area contributed by atoms with Gasteiger partial charge in [-0.2, -0.15) is 0 Å². The Labute approximate surface area is 319 Å². The Bertz CT molecular complexity index is 616. The molecule has 0 atom stereocenters. The molecule has 2 aliphatic carbocycles. The van der Waals surface area contributed by atoms with Crippen LogP contribution in [0.2, 0.25) is 17.7 Å². The second-order valence-electron chi connectivity index (χ2n) is 16.8. The van der Waals surface area contributed by atoms with Crippen LogP contribution < -0.4 is 0 Å². The molecule has 2 rings (SSSR count). The molecule has 0 aromatic heterocycles. The Morgan fingerprint density at radius 3 is 0.837 bits per heavy atom. The van der Waals surface area contributed by atoms with Crippen molar-refractivity contribution in [1.29, 1.82) is 0 Å². The summed E-state index contributed by atoms with van der Waals surface area (Å²) in [6.07, 6.45) is 47.5. The molecule has 0 unspecified atom stereocenters. The predicted molar refractivity (Wildman–Crippen MR) is 221 cm³/mol. The van der Waals surface area contributed by atoms with Gasteiger partial charge in [0.25, 0.3) is 0 Å². The average Bonchev–Trinajstić information content (AvgIpc) is 3.12. The van der Waals surface area contributed by atoms with E-state index in [1.54, 1.807) is 0 Å². The van der Waals surface area contributed by atoms with Crippen molar-refractivity contribution in [3.05, 3.63) is 0 Å². The number of hydrogen-bond acceptors (Lipinski definition) is 3. The minimum atomic E-state index is -3.47. The van der Waals surface area contributed by atoms with Crippen LogP contribution in [-0.2, 0) is 7.56 Å². The summed E-state index contributed by atoms with van der Waals surface area (Å²) in [7, 11) is 0. The first-order chi connectivity index (χ1) is 24.1. The molecular formula is C44H90O3Sn2. The third-order valence-corrected chi connectivity index (χ3v) is 45.3. The van der Waals surface area contributed by atoms with Crippen LogP contribution in [0.5, 0.6) is 0 Å². The van der Waals surface area contributed by atoms with E-state index in [1.165, 1.54) is 236 Å². The maximum absolute atomic E-state index is 8.32. The monoisotopic (exact) mass is 906 g/mol. The summed E-state index contributed by atoms with van der Waals surface area (Å²) >= 11 is -6.94. The molecule has 292 valence electrons. The molecule has 0 bridgehead atoms. The average molecular weight is 905 g/mol. The van der Waals surface area contributed by atoms with E-state index < -0.39 is 38.4 Å². The van der Waals surface area contributed by atoms with E-state index in [0.29, 0.717) is 12.2 Å². The van der Waals surface area contributed by atoms with E-state index in [2.05, 4.69) is 27.7 Å². The first-order valence-electron chi connectivity index (χ1n) is 23.2. The molecule has 2 fully saturated rings. The maximum atomic E-state index is 8.32. The van der Waals surface area contributed by atoms with Crippen LogP contribution in [0.1, 0.15) is 246 Å². The second kappa shape index (κ2) is 31.8. The van der Waals surface area contributed by atoms with Crippen LogP contribution >= 0.6 is 0 Å². The molecule has 0 heterocycles. The zero-order valence-corrected chi connectivity index (χ0v) is 40.0. The summed E-state index contributed by atoms with van der Waals surface area (Å²) < 4.78 is 29.1. The Morgan fingerprint density at radius 2 is 0.571 bits per heavy atom. The fraction of sp³-hybridized carbons (Fsp3) is 1.00. The van der Waals surface area contributed by atoms with Crippen LogP contribution in [0, 0.1) is 0 Å². The van der Waals surface area contributed by atoms with Gasteiger partial charge < -0.3 is 0 Å². The molecule has 0 aliphatic heterocycles. The summed E-state index contributed by atoms with van der Waals surface area (Å²) in [5, 5.41) is 0. The molecule has 0 spiro atoms. The Morgan fingerprint density at radius 1 is 0.327 bits per heavy atom. The first kappa shape index (κ1) is 46.6. The molecular weight excluding hydrogens is 814 g/mol. The topological polar surface area (TPSA) is 27.7 Å². The summed E-state index contributed by atoms with van der Waals surface area (Å²) in [4.78, 5) is 0. The summed E-state index contributed by atoms with van der Waals surface area (Å²) in [5.41, 5.74) is 0. The fourth-order valence-electron chi connectivity index (χ4n) is 8.75. The van der Waals surface area contributed by atoms with Gasteiger partial charge in [-0.3, -0.25) is 0 Å². The number of unbranched alkanes of at least 4 members (excludes halogenated alkanes) is 20. The van der Waals surface area contributed by atoms with Crippen LogP contribution in [0.4, 0.5) is 0 Å². The standard InChI is InChI=1S/4C8H17.2C6H11O.O.2Sn/c4*1-3-5-7-8-6-4-2;2*7-6-4-2-1-3-5-6;;;/h4*1,3-8H2,2H3;2*6H,1-5H2;;;/q;;;;2*-1;;2*+1. The van der Waals surface area contributed by atoms with E-state index in [-0.39, 0.29) is 0 Å². The summed E-state index contributed by atoms with van der Waals surface area (Å²) in [6.45, 7) is 9.39. The molecule has 0 amide bonds. The third-order valence-electron chi connectivity index (χ3n) is 11.9. The van der Waals surface area contributed by atoms with Gasteiger partial charge >= 0.3 is 322 Å². The van der Waals surface area contributed by atoms with Gasteiger partial charge in [-0.15, -0.1) is 0 Å². The van der Waals surface area contributed by atoms with Crippen molar-refractivity contribution >= 4 is 38.4 Å². The number of hydrogen-bond donors (Lipinski definition) is 0. The van der Waals surface area contributed by atoms with E-state index >= 15 is 0 Å². The Hall–Kier alpha value is 1.48. The van der Waals surface area contributed by atoms with Gasteiger partial charge in [0.2, 0.25) is 0 Å². The van der Waals surface area contributed by atoms with E-state index in [9.17, 15) is 0 Å². The summed E-state index contributed by atoms with van der Waals surface area (Å²) in [5.74, 6) is 0. The van der Waals surface area contributed by atoms with Crippen molar-refractivity contribution in [3.63, 3.8) is 0 Å². The quantitative estimate of drug-likeness (QED) is 0.0476. The molecule has 0 N–H and O–H groups in total. The van der Waals surface area contributed by atoms with Crippen LogP contribution in [0.15, 0.2) is 0 Å². The predicted octanol–water partition coefficient (Wildman–Crippen LogP) is 16.0. The normalized spacial score (nSPS) is 16.9. The van der Waals surface area contributed by atoms with Gasteiger partial charge in [-0.05, 0) is 0 Å². The van der Waals surface area contributed by atoms with Crippen LogP contribution in [-0.4, -0.2) is 50.6 Å². The molecule has 0 aromatic rings. The summed E-state index contributed by atoms with van der Waals surface area (Å²) in [6, 6.07) is 0. The zero-order valence-electron chi connectivity index (χ0n) is 34.2. The first-order valence-corrected chi connectivity index (χ1v) is 35.9.